The van der Waals surface area contributed by atoms with Crippen molar-refractivity contribution in [3.8, 4) is 0 Å². The molecule has 0 rings (SSSR count). The minimum absolute atomic E-state index is 0.00694. The molecule has 0 aromatic carbocycles. The number of ether oxygens (including phenoxy) is 1. The van der Waals surface area contributed by atoms with Crippen LogP contribution in [0.3, 0.4) is 0 Å². The van der Waals surface area contributed by atoms with Gasteiger partial charge in [0.25, 0.3) is 0 Å². The van der Waals surface area contributed by atoms with Crippen LogP contribution in [0.2, 0.25) is 0 Å². The van der Waals surface area contributed by atoms with Crippen LogP contribution >= 0.6 is 0 Å². The van der Waals surface area contributed by atoms with E-state index in [1.807, 2.05) is 6.08 Å². The molecule has 0 radical (unpaired) electrons. The average molecular weight is 862 g/mol. The second kappa shape index (κ2) is 51.2. The molecule has 0 aliphatic carbocycles. The van der Waals surface area contributed by atoms with E-state index in [-0.39, 0.29) is 18.5 Å². The fraction of sp³-hybridized carbons (Fsp3) is 0.927. The Balaban J connectivity index is 3.47. The Morgan fingerprint density at radius 2 is 0.754 bits per heavy atom. The molecule has 0 aromatic rings. The smallest absolute Gasteiger partial charge is 0.305 e. The topological polar surface area (TPSA) is 95.9 Å². The summed E-state index contributed by atoms with van der Waals surface area (Å²) in [4.78, 5) is 24.5. The number of aliphatic hydroxyl groups is 2. The number of rotatable bonds is 51. The molecule has 0 saturated heterocycles. The van der Waals surface area contributed by atoms with E-state index in [4.69, 9.17) is 4.74 Å². The van der Waals surface area contributed by atoms with Crippen molar-refractivity contribution in [2.75, 3.05) is 13.2 Å². The van der Waals surface area contributed by atoms with Gasteiger partial charge in [-0.05, 0) is 32.1 Å². The highest BCUT2D eigenvalue weighted by atomic mass is 16.5. The maximum absolute atomic E-state index is 12.4. The molecule has 0 bridgehead atoms. The average Bonchev–Trinajstić information content (AvgIpc) is 3.26. The van der Waals surface area contributed by atoms with Crippen LogP contribution in [0.15, 0.2) is 12.2 Å². The molecule has 0 fully saturated rings. The third-order valence-corrected chi connectivity index (χ3v) is 12.8. The predicted molar refractivity (Wildman–Crippen MR) is 264 cm³/mol. The van der Waals surface area contributed by atoms with E-state index >= 15 is 0 Å². The molecule has 1 amide bonds. The van der Waals surface area contributed by atoms with Crippen molar-refractivity contribution in [2.24, 2.45) is 0 Å². The summed E-state index contributed by atoms with van der Waals surface area (Å²) in [5, 5.41) is 23.1. The quantitative estimate of drug-likeness (QED) is 0.0322. The van der Waals surface area contributed by atoms with E-state index in [0.29, 0.717) is 19.4 Å². The van der Waals surface area contributed by atoms with E-state index in [1.54, 1.807) is 6.08 Å². The normalized spacial score (nSPS) is 12.7. The number of hydrogen-bond donors (Lipinski definition) is 3. The Hall–Kier alpha value is -1.40. The van der Waals surface area contributed by atoms with Gasteiger partial charge in [0.1, 0.15) is 0 Å². The fourth-order valence-electron chi connectivity index (χ4n) is 8.58. The van der Waals surface area contributed by atoms with Gasteiger partial charge in [0.05, 0.1) is 25.4 Å². The third-order valence-electron chi connectivity index (χ3n) is 12.8. The highest BCUT2D eigenvalue weighted by Crippen LogP contribution is 2.17. The van der Waals surface area contributed by atoms with Gasteiger partial charge in [-0.15, -0.1) is 0 Å². The van der Waals surface area contributed by atoms with E-state index in [1.165, 1.54) is 218 Å². The number of amides is 1. The van der Waals surface area contributed by atoms with E-state index in [0.717, 1.165) is 57.8 Å². The molecular formula is C55H107NO5. The summed E-state index contributed by atoms with van der Waals surface area (Å²) < 4.78 is 5.47. The number of allylic oxidation sites excluding steroid dienone is 1. The van der Waals surface area contributed by atoms with Crippen LogP contribution < -0.4 is 5.32 Å². The molecule has 0 spiro atoms. The summed E-state index contributed by atoms with van der Waals surface area (Å²) >= 11 is 0. The number of nitrogens with one attached hydrogen (secondary N) is 1. The minimum Gasteiger partial charge on any atom is -0.466 e. The van der Waals surface area contributed by atoms with Gasteiger partial charge in [-0.3, -0.25) is 9.59 Å². The summed E-state index contributed by atoms with van der Waals surface area (Å²) in [6.45, 7) is 4.89. The first kappa shape index (κ1) is 59.6. The molecule has 0 aliphatic rings. The molecule has 2 atom stereocenters. The van der Waals surface area contributed by atoms with Gasteiger partial charge in [0.2, 0.25) is 5.91 Å². The lowest BCUT2D eigenvalue weighted by atomic mass is 10.0. The summed E-state index contributed by atoms with van der Waals surface area (Å²) in [5.74, 6) is -0.0882. The van der Waals surface area contributed by atoms with Crippen LogP contribution in [0, 0.1) is 0 Å². The molecule has 6 heteroatoms. The van der Waals surface area contributed by atoms with Crippen LogP contribution in [0.4, 0.5) is 0 Å². The second-order valence-electron chi connectivity index (χ2n) is 18.9. The highest BCUT2D eigenvalue weighted by Gasteiger charge is 2.18. The molecule has 3 N–H and O–H groups in total. The first-order valence-corrected chi connectivity index (χ1v) is 27.5. The zero-order chi connectivity index (χ0) is 44.4. The molecule has 362 valence electrons. The van der Waals surface area contributed by atoms with E-state index in [9.17, 15) is 19.8 Å². The van der Waals surface area contributed by atoms with Gasteiger partial charge >= 0.3 is 5.97 Å². The van der Waals surface area contributed by atoms with Gasteiger partial charge in [-0.2, -0.15) is 0 Å². The SMILES string of the molecule is CCCCCCCCCCCCCCCC/C=C/C(O)C(CO)NC(=O)CCCCCCCCCCCCCCOC(=O)CCCCCCCCCCCCCCCCCC. The molecular weight excluding hydrogens is 755 g/mol. The fourth-order valence-corrected chi connectivity index (χ4v) is 8.58. The molecule has 0 aromatic heterocycles. The Bertz CT molecular complexity index is 909. The van der Waals surface area contributed by atoms with Crippen LogP contribution in [-0.2, 0) is 14.3 Å². The molecule has 61 heavy (non-hydrogen) atoms. The third kappa shape index (κ3) is 47.9. The first-order valence-electron chi connectivity index (χ1n) is 27.5. The molecule has 2 unspecified atom stereocenters. The van der Waals surface area contributed by atoms with Crippen LogP contribution in [0.25, 0.3) is 0 Å². The van der Waals surface area contributed by atoms with Crippen LogP contribution in [-0.4, -0.2) is 47.4 Å². The first-order chi connectivity index (χ1) is 30.0. The van der Waals surface area contributed by atoms with Crippen molar-refractivity contribution in [1.82, 2.24) is 5.32 Å². The van der Waals surface area contributed by atoms with E-state index < -0.39 is 12.1 Å². The van der Waals surface area contributed by atoms with E-state index in [2.05, 4.69) is 19.2 Å². The summed E-state index contributed by atoms with van der Waals surface area (Å²) in [6.07, 6.45) is 59.3. The standard InChI is InChI=1S/C55H107NO5/c1-3-5-7-9-11-13-15-17-19-21-23-27-31-35-39-43-47-53(58)52(51-57)56-54(59)48-44-40-36-32-28-25-26-30-34-38-42-46-50-61-55(60)49-45-41-37-33-29-24-22-20-18-16-14-12-10-8-6-4-2/h43,47,52-53,57-58H,3-42,44-46,48-51H2,1-2H3,(H,56,59)/b47-43+. The largest absolute Gasteiger partial charge is 0.466 e. The number of carbonyl (C=O) groups is 2. The van der Waals surface area contributed by atoms with Crippen LogP contribution in [0.5, 0.6) is 0 Å². The van der Waals surface area contributed by atoms with Gasteiger partial charge in [-0.25, -0.2) is 0 Å². The maximum atomic E-state index is 12.4. The van der Waals surface area contributed by atoms with Crippen LogP contribution in [0.1, 0.15) is 303 Å². The van der Waals surface area contributed by atoms with Gasteiger partial charge in [-0.1, -0.05) is 270 Å². The highest BCUT2D eigenvalue weighted by molar-refractivity contribution is 5.76. The van der Waals surface area contributed by atoms with Crippen molar-refractivity contribution in [2.45, 2.75) is 315 Å². The van der Waals surface area contributed by atoms with Crippen molar-refractivity contribution in [3.05, 3.63) is 12.2 Å². The van der Waals surface area contributed by atoms with Gasteiger partial charge in [0, 0.05) is 12.8 Å². The zero-order valence-electron chi connectivity index (χ0n) is 41.2. The van der Waals surface area contributed by atoms with Crippen molar-refractivity contribution < 1.29 is 24.5 Å². The summed E-state index contributed by atoms with van der Waals surface area (Å²) in [7, 11) is 0. The number of hydrogen-bond acceptors (Lipinski definition) is 5. The van der Waals surface area contributed by atoms with Gasteiger partial charge < -0.3 is 20.3 Å². The van der Waals surface area contributed by atoms with Crippen molar-refractivity contribution >= 4 is 11.9 Å². The number of esters is 1. The Kier molecular flexibility index (Phi) is 50.1. The van der Waals surface area contributed by atoms with Gasteiger partial charge in [0.15, 0.2) is 0 Å². The minimum atomic E-state index is -0.853. The Morgan fingerprint density at radius 1 is 0.443 bits per heavy atom. The number of aliphatic hydroxyl groups excluding tert-OH is 2. The molecule has 0 saturated carbocycles. The lowest BCUT2D eigenvalue weighted by Gasteiger charge is -2.20. The van der Waals surface area contributed by atoms with Crippen molar-refractivity contribution in [3.63, 3.8) is 0 Å². The zero-order valence-corrected chi connectivity index (χ0v) is 41.2. The monoisotopic (exact) mass is 862 g/mol. The van der Waals surface area contributed by atoms with Crippen molar-refractivity contribution in [1.29, 1.82) is 0 Å². The second-order valence-corrected chi connectivity index (χ2v) is 18.9. The lowest BCUT2D eigenvalue weighted by molar-refractivity contribution is -0.143. The Labute approximate surface area is 380 Å². The predicted octanol–water partition coefficient (Wildman–Crippen LogP) is 16.5. The Morgan fingerprint density at radius 3 is 1.11 bits per heavy atom. The molecule has 0 aliphatic heterocycles. The summed E-state index contributed by atoms with van der Waals surface area (Å²) in [6, 6.07) is -0.638. The summed E-state index contributed by atoms with van der Waals surface area (Å²) in [5.41, 5.74) is 0. The maximum Gasteiger partial charge on any atom is 0.305 e. The molecule has 0 heterocycles. The number of unbranched alkanes of at least 4 members (excludes halogenated alkanes) is 40. The number of carbonyl (C=O) groups excluding carboxylic acids is 2. The molecule has 6 nitrogen and oxygen atoms in total. The lowest BCUT2D eigenvalue weighted by Crippen LogP contribution is -2.45.